The fourth-order valence-electron chi connectivity index (χ4n) is 4.34. The Hall–Kier alpha value is -3.62. The third-order valence-electron chi connectivity index (χ3n) is 6.45. The number of piperidine rings is 1. The minimum atomic E-state index is -5.08. The van der Waals surface area contributed by atoms with Crippen molar-refractivity contribution in [1.82, 2.24) is 19.4 Å². The van der Waals surface area contributed by atoms with E-state index in [1.807, 2.05) is 12.3 Å². The van der Waals surface area contributed by atoms with Crippen molar-refractivity contribution in [3.8, 4) is 0 Å². The van der Waals surface area contributed by atoms with Gasteiger partial charge in [-0.15, -0.1) is 0 Å². The maximum Gasteiger partial charge on any atom is 0.490 e. The number of carboxylic acid groups (broad SMARTS) is 2. The zero-order valence-electron chi connectivity index (χ0n) is 20.9. The molecule has 1 spiro atoms. The topological polar surface area (TPSA) is 116 Å². The van der Waals surface area contributed by atoms with Crippen LogP contribution >= 0.6 is 0 Å². The first-order valence-corrected chi connectivity index (χ1v) is 11.7. The number of amides is 1. The number of carbonyl (C=O) groups is 3. The van der Waals surface area contributed by atoms with E-state index in [-0.39, 0.29) is 5.54 Å². The summed E-state index contributed by atoms with van der Waals surface area (Å²) < 4.78 is 65.7. The zero-order chi connectivity index (χ0) is 29.4. The molecule has 0 radical (unpaired) electrons. The smallest absolute Gasteiger partial charge is 0.475 e. The molecule has 2 N–H and O–H groups in total. The third-order valence-corrected chi connectivity index (χ3v) is 6.45. The summed E-state index contributed by atoms with van der Waals surface area (Å²) >= 11 is 0. The van der Waals surface area contributed by atoms with E-state index in [9.17, 15) is 31.1 Å². The Kier molecular flexibility index (Phi) is 10.5. The fraction of sp³-hybridized carbons (Fsp3) is 0.500. The lowest BCUT2D eigenvalue weighted by Crippen LogP contribution is -2.52. The molecular formula is C24H28F6N4O5. The van der Waals surface area contributed by atoms with Crippen molar-refractivity contribution in [3.63, 3.8) is 0 Å². The lowest BCUT2D eigenvalue weighted by molar-refractivity contribution is -0.193. The highest BCUT2D eigenvalue weighted by Gasteiger charge is 2.46. The Labute approximate surface area is 219 Å². The summed E-state index contributed by atoms with van der Waals surface area (Å²) in [4.78, 5) is 39.2. The lowest BCUT2D eigenvalue weighted by atomic mass is 9.84. The molecule has 2 saturated heterocycles. The monoisotopic (exact) mass is 566 g/mol. The summed E-state index contributed by atoms with van der Waals surface area (Å²) in [6.45, 7) is 3.81. The quantitative estimate of drug-likeness (QED) is 0.541. The number of likely N-dealkylation sites (tertiary alicyclic amines) is 2. The molecule has 1 amide bonds. The van der Waals surface area contributed by atoms with Gasteiger partial charge < -0.3 is 19.7 Å². The Balaban J connectivity index is 0.000000317. The highest BCUT2D eigenvalue weighted by atomic mass is 19.4. The van der Waals surface area contributed by atoms with E-state index in [4.69, 9.17) is 19.8 Å². The number of rotatable bonds is 4. The number of hydrogen-bond donors (Lipinski definition) is 2. The second-order valence-corrected chi connectivity index (χ2v) is 9.06. The molecule has 4 rings (SSSR count). The van der Waals surface area contributed by atoms with Gasteiger partial charge in [-0.05, 0) is 43.0 Å². The van der Waals surface area contributed by atoms with Gasteiger partial charge in [0.15, 0.2) is 0 Å². The highest BCUT2D eigenvalue weighted by Crippen LogP contribution is 2.40. The van der Waals surface area contributed by atoms with Crippen LogP contribution in [0.15, 0.2) is 42.9 Å². The van der Waals surface area contributed by atoms with Crippen LogP contribution in [0.1, 0.15) is 36.9 Å². The summed E-state index contributed by atoms with van der Waals surface area (Å²) in [5, 5.41) is 14.2. The number of carbonyl (C=O) groups excluding carboxylic acids is 1. The van der Waals surface area contributed by atoms with Crippen LogP contribution in [0.5, 0.6) is 0 Å². The molecular weight excluding hydrogens is 538 g/mol. The highest BCUT2D eigenvalue weighted by molar-refractivity contribution is 5.79. The molecule has 15 heteroatoms. The molecule has 2 aliphatic heterocycles. The van der Waals surface area contributed by atoms with Gasteiger partial charge >= 0.3 is 24.3 Å². The normalized spacial score (nSPS) is 17.2. The molecule has 0 aliphatic carbocycles. The molecule has 2 fully saturated rings. The number of carboxylic acids is 2. The second-order valence-electron chi connectivity index (χ2n) is 9.06. The van der Waals surface area contributed by atoms with Gasteiger partial charge in [0.25, 0.3) is 0 Å². The summed E-state index contributed by atoms with van der Waals surface area (Å²) in [6.07, 6.45) is -0.558. The molecule has 2 aromatic heterocycles. The fourth-order valence-corrected chi connectivity index (χ4v) is 4.34. The van der Waals surface area contributed by atoms with E-state index in [1.54, 1.807) is 6.20 Å². The van der Waals surface area contributed by atoms with E-state index in [0.717, 1.165) is 44.5 Å². The first-order chi connectivity index (χ1) is 18.0. The van der Waals surface area contributed by atoms with Gasteiger partial charge in [0, 0.05) is 69.5 Å². The van der Waals surface area contributed by atoms with Crippen molar-refractivity contribution < 1.29 is 50.9 Å². The summed E-state index contributed by atoms with van der Waals surface area (Å²) in [6, 6.07) is 8.31. The number of pyridine rings is 1. The minimum absolute atomic E-state index is 0.0532. The van der Waals surface area contributed by atoms with Crippen LogP contribution < -0.4 is 0 Å². The predicted molar refractivity (Wildman–Crippen MR) is 124 cm³/mol. The van der Waals surface area contributed by atoms with E-state index in [0.29, 0.717) is 18.9 Å². The maximum atomic E-state index is 12.5. The Morgan fingerprint density at radius 1 is 0.949 bits per heavy atom. The number of aromatic nitrogens is 2. The average molecular weight is 566 g/mol. The summed E-state index contributed by atoms with van der Waals surface area (Å²) in [5.41, 5.74) is 2.53. The molecule has 0 atom stereocenters. The maximum absolute atomic E-state index is 12.5. The van der Waals surface area contributed by atoms with Gasteiger partial charge in [-0.3, -0.25) is 14.7 Å². The van der Waals surface area contributed by atoms with Gasteiger partial charge in [0.2, 0.25) is 5.91 Å². The van der Waals surface area contributed by atoms with E-state index in [2.05, 4.69) is 50.8 Å². The van der Waals surface area contributed by atoms with Gasteiger partial charge in [-0.2, -0.15) is 26.3 Å². The van der Waals surface area contributed by atoms with Crippen molar-refractivity contribution >= 4 is 17.8 Å². The Morgan fingerprint density at radius 3 is 1.95 bits per heavy atom. The van der Waals surface area contributed by atoms with Crippen LogP contribution in [0.25, 0.3) is 0 Å². The average Bonchev–Trinajstić information content (AvgIpc) is 3.39. The Morgan fingerprint density at radius 2 is 1.51 bits per heavy atom. The van der Waals surface area contributed by atoms with Gasteiger partial charge in [-0.25, -0.2) is 9.59 Å². The molecule has 4 heterocycles. The van der Waals surface area contributed by atoms with Crippen molar-refractivity contribution in [1.29, 1.82) is 0 Å². The number of aliphatic carboxylic acids is 2. The lowest BCUT2D eigenvalue weighted by Gasteiger charge is -2.45. The molecule has 2 aromatic rings. The van der Waals surface area contributed by atoms with E-state index < -0.39 is 24.3 Å². The molecule has 2 aliphatic rings. The zero-order valence-corrected chi connectivity index (χ0v) is 20.9. The summed E-state index contributed by atoms with van der Waals surface area (Å²) in [5.74, 6) is -5.21. The second kappa shape index (κ2) is 13.0. The van der Waals surface area contributed by atoms with Crippen molar-refractivity contribution in [2.75, 3.05) is 13.1 Å². The summed E-state index contributed by atoms with van der Waals surface area (Å²) in [7, 11) is 2.10. The molecule has 0 bridgehead atoms. The van der Waals surface area contributed by atoms with Crippen LogP contribution in [0.2, 0.25) is 0 Å². The van der Waals surface area contributed by atoms with Gasteiger partial charge in [0.05, 0.1) is 0 Å². The molecule has 9 nitrogen and oxygen atoms in total. The van der Waals surface area contributed by atoms with Crippen LogP contribution in [0, 0.1) is 0 Å². The first-order valence-electron chi connectivity index (χ1n) is 11.7. The largest absolute Gasteiger partial charge is 0.490 e. The van der Waals surface area contributed by atoms with Crippen molar-refractivity contribution in [3.05, 3.63) is 54.1 Å². The number of halogens is 6. The Bertz CT molecular complexity index is 1090. The van der Waals surface area contributed by atoms with Crippen LogP contribution in [0.4, 0.5) is 26.3 Å². The van der Waals surface area contributed by atoms with Crippen LogP contribution in [-0.2, 0) is 34.5 Å². The molecule has 0 saturated carbocycles. The first kappa shape index (κ1) is 31.6. The molecule has 39 heavy (non-hydrogen) atoms. The number of alkyl halides is 6. The molecule has 216 valence electrons. The predicted octanol–water partition coefficient (Wildman–Crippen LogP) is 3.84. The number of nitrogens with zero attached hydrogens (tertiary/aromatic N) is 4. The number of aryl methyl sites for hydroxylation is 1. The van der Waals surface area contributed by atoms with Gasteiger partial charge in [-0.1, -0.05) is 6.07 Å². The van der Waals surface area contributed by atoms with Crippen LogP contribution in [0.3, 0.4) is 0 Å². The number of hydrogen-bond acceptors (Lipinski definition) is 5. The van der Waals surface area contributed by atoms with Gasteiger partial charge in [0.1, 0.15) is 0 Å². The SMILES string of the molecule is Cn1cccc1CN1CCC2(CCC(=O)N2Cc2cccnc2)CC1.O=C(O)C(F)(F)F.O=C(O)C(F)(F)F. The standard InChI is InChI=1S/C20H26N4O.2C2HF3O2/c1-22-11-3-5-18(22)16-23-12-8-20(9-13-23)7-6-19(25)24(20)15-17-4-2-10-21-14-17;2*3-2(4,5)1(6)7/h2-5,10-11,14H,6-9,12-13,15-16H2,1H3;2*(H,6,7). The minimum Gasteiger partial charge on any atom is -0.475 e. The molecule has 0 aromatic carbocycles. The van der Waals surface area contributed by atoms with E-state index in [1.165, 1.54) is 5.69 Å². The van der Waals surface area contributed by atoms with Crippen LogP contribution in [-0.4, -0.2) is 78.4 Å². The van der Waals surface area contributed by atoms with Crippen molar-refractivity contribution in [2.45, 2.75) is 56.7 Å². The molecule has 0 unspecified atom stereocenters. The van der Waals surface area contributed by atoms with Crippen molar-refractivity contribution in [2.24, 2.45) is 7.05 Å². The third kappa shape index (κ3) is 9.26. The van der Waals surface area contributed by atoms with E-state index >= 15 is 0 Å².